The SMILES string of the molecule is COc1ccc(CN/N=C\c2ccc(-c3cc(Cl)ccc3Cl)o2)cc1OC. The molecule has 0 unspecified atom stereocenters. The minimum atomic E-state index is 0.532. The summed E-state index contributed by atoms with van der Waals surface area (Å²) in [5.41, 5.74) is 4.72. The monoisotopic (exact) mass is 404 g/mol. The van der Waals surface area contributed by atoms with Crippen LogP contribution < -0.4 is 14.9 Å². The molecule has 0 fully saturated rings. The number of methoxy groups -OCH3 is 2. The van der Waals surface area contributed by atoms with Crippen LogP contribution in [0.15, 0.2) is 58.0 Å². The van der Waals surface area contributed by atoms with Crippen LogP contribution in [0.2, 0.25) is 10.0 Å². The van der Waals surface area contributed by atoms with Gasteiger partial charge in [-0.25, -0.2) is 0 Å². The lowest BCUT2D eigenvalue weighted by atomic mass is 10.2. The molecule has 27 heavy (non-hydrogen) atoms. The lowest BCUT2D eigenvalue weighted by Gasteiger charge is -2.09. The number of rotatable bonds is 7. The zero-order chi connectivity index (χ0) is 19.2. The number of nitrogens with one attached hydrogen (secondary N) is 1. The molecule has 0 aliphatic carbocycles. The minimum Gasteiger partial charge on any atom is -0.493 e. The summed E-state index contributed by atoms with van der Waals surface area (Å²) in [7, 11) is 3.21. The molecule has 5 nitrogen and oxygen atoms in total. The molecular formula is C20H18Cl2N2O3. The summed E-state index contributed by atoms with van der Waals surface area (Å²) in [6.45, 7) is 0.532. The Kier molecular flexibility index (Phi) is 6.27. The van der Waals surface area contributed by atoms with Crippen LogP contribution in [0.3, 0.4) is 0 Å². The van der Waals surface area contributed by atoms with Gasteiger partial charge in [0.2, 0.25) is 0 Å². The molecule has 0 amide bonds. The van der Waals surface area contributed by atoms with Gasteiger partial charge >= 0.3 is 0 Å². The molecule has 140 valence electrons. The van der Waals surface area contributed by atoms with Crippen LogP contribution in [0.5, 0.6) is 11.5 Å². The number of furan rings is 1. The molecule has 0 saturated carbocycles. The molecule has 0 saturated heterocycles. The first kappa shape index (κ1) is 19.1. The first-order chi connectivity index (χ1) is 13.1. The van der Waals surface area contributed by atoms with Crippen LogP contribution in [0.1, 0.15) is 11.3 Å². The van der Waals surface area contributed by atoms with E-state index < -0.39 is 0 Å². The first-order valence-electron chi connectivity index (χ1n) is 8.13. The molecule has 0 aliphatic heterocycles. The number of nitrogens with zero attached hydrogens (tertiary/aromatic N) is 1. The minimum absolute atomic E-state index is 0.532. The summed E-state index contributed by atoms with van der Waals surface area (Å²) in [5, 5.41) is 5.35. The van der Waals surface area contributed by atoms with E-state index in [4.69, 9.17) is 37.1 Å². The molecule has 0 bridgehead atoms. The average Bonchev–Trinajstić information content (AvgIpc) is 3.15. The zero-order valence-corrected chi connectivity index (χ0v) is 16.3. The standard InChI is InChI=1S/C20H18Cl2N2O3/c1-25-19-7-3-13(9-20(19)26-2)11-23-24-12-15-5-8-18(27-15)16-10-14(21)4-6-17(16)22/h3-10,12,23H,11H2,1-2H3/b24-12-. The number of hydrogen-bond acceptors (Lipinski definition) is 5. The molecule has 3 rings (SSSR count). The van der Waals surface area contributed by atoms with E-state index >= 15 is 0 Å². The molecule has 0 radical (unpaired) electrons. The van der Waals surface area contributed by atoms with E-state index in [-0.39, 0.29) is 0 Å². The Hall–Kier alpha value is -2.63. The molecule has 0 atom stereocenters. The van der Waals surface area contributed by atoms with Gasteiger partial charge in [0.1, 0.15) is 11.5 Å². The Morgan fingerprint density at radius 1 is 1.00 bits per heavy atom. The fraction of sp³-hybridized carbons (Fsp3) is 0.150. The Labute approximate surface area is 167 Å². The van der Waals surface area contributed by atoms with E-state index in [1.54, 1.807) is 38.6 Å². The third-order valence-electron chi connectivity index (χ3n) is 3.83. The van der Waals surface area contributed by atoms with Crippen LogP contribution in [-0.4, -0.2) is 20.4 Å². The summed E-state index contributed by atoms with van der Waals surface area (Å²) in [6.07, 6.45) is 1.60. The Balaban J connectivity index is 1.63. The highest BCUT2D eigenvalue weighted by Crippen LogP contribution is 2.31. The van der Waals surface area contributed by atoms with Gasteiger partial charge in [-0.15, -0.1) is 0 Å². The summed E-state index contributed by atoms with van der Waals surface area (Å²) in [6, 6.07) is 14.6. The Morgan fingerprint density at radius 3 is 2.59 bits per heavy atom. The molecule has 7 heteroatoms. The van der Waals surface area contributed by atoms with Gasteiger partial charge in [-0.2, -0.15) is 5.10 Å². The second-order valence-corrected chi connectivity index (χ2v) is 6.45. The quantitative estimate of drug-likeness (QED) is 0.423. The third kappa shape index (κ3) is 4.76. The van der Waals surface area contributed by atoms with Crippen molar-refractivity contribution in [3.05, 3.63) is 69.9 Å². The van der Waals surface area contributed by atoms with Gasteiger partial charge in [-0.1, -0.05) is 29.3 Å². The van der Waals surface area contributed by atoms with Crippen molar-refractivity contribution in [2.75, 3.05) is 14.2 Å². The summed E-state index contributed by atoms with van der Waals surface area (Å²) < 4.78 is 16.3. The molecule has 2 aromatic carbocycles. The normalized spacial score (nSPS) is 11.0. The van der Waals surface area contributed by atoms with E-state index in [0.717, 1.165) is 11.1 Å². The molecule has 0 spiro atoms. The van der Waals surface area contributed by atoms with E-state index in [1.807, 2.05) is 30.3 Å². The van der Waals surface area contributed by atoms with Crippen LogP contribution in [0, 0.1) is 0 Å². The van der Waals surface area contributed by atoms with E-state index in [0.29, 0.717) is 39.6 Å². The van der Waals surface area contributed by atoms with Crippen molar-refractivity contribution in [2.24, 2.45) is 5.10 Å². The van der Waals surface area contributed by atoms with Crippen LogP contribution in [0.25, 0.3) is 11.3 Å². The largest absolute Gasteiger partial charge is 0.493 e. The highest BCUT2D eigenvalue weighted by Gasteiger charge is 2.09. The van der Waals surface area contributed by atoms with Gasteiger partial charge in [0, 0.05) is 10.6 Å². The van der Waals surface area contributed by atoms with Crippen LogP contribution >= 0.6 is 23.2 Å². The number of hydrazone groups is 1. The fourth-order valence-electron chi connectivity index (χ4n) is 2.49. The van der Waals surface area contributed by atoms with Gasteiger partial charge in [-0.05, 0) is 48.0 Å². The Bertz CT molecular complexity index is 954. The van der Waals surface area contributed by atoms with Crippen molar-refractivity contribution in [1.82, 2.24) is 5.43 Å². The van der Waals surface area contributed by atoms with E-state index in [1.165, 1.54) is 0 Å². The van der Waals surface area contributed by atoms with Gasteiger partial charge in [-0.3, -0.25) is 0 Å². The van der Waals surface area contributed by atoms with Crippen LogP contribution in [0.4, 0.5) is 0 Å². The Morgan fingerprint density at radius 2 is 1.81 bits per heavy atom. The predicted octanol–water partition coefficient (Wildman–Crippen LogP) is 5.39. The average molecular weight is 405 g/mol. The zero-order valence-electron chi connectivity index (χ0n) is 14.8. The molecular weight excluding hydrogens is 387 g/mol. The lowest BCUT2D eigenvalue weighted by Crippen LogP contribution is -2.05. The molecule has 1 heterocycles. The molecule has 1 aromatic heterocycles. The van der Waals surface area contributed by atoms with Crippen molar-refractivity contribution < 1.29 is 13.9 Å². The molecule has 0 aliphatic rings. The maximum atomic E-state index is 6.20. The lowest BCUT2D eigenvalue weighted by molar-refractivity contribution is 0.354. The van der Waals surface area contributed by atoms with Crippen molar-refractivity contribution in [2.45, 2.75) is 6.54 Å². The number of hydrogen-bond donors (Lipinski definition) is 1. The van der Waals surface area contributed by atoms with E-state index in [2.05, 4.69) is 10.5 Å². The second-order valence-electron chi connectivity index (χ2n) is 5.61. The van der Waals surface area contributed by atoms with Crippen molar-refractivity contribution in [3.63, 3.8) is 0 Å². The predicted molar refractivity (Wildman–Crippen MR) is 108 cm³/mol. The maximum absolute atomic E-state index is 6.20. The summed E-state index contributed by atoms with van der Waals surface area (Å²) in [4.78, 5) is 0. The van der Waals surface area contributed by atoms with Gasteiger partial charge in [0.05, 0.1) is 32.0 Å². The third-order valence-corrected chi connectivity index (χ3v) is 4.40. The van der Waals surface area contributed by atoms with Gasteiger partial charge < -0.3 is 19.3 Å². The van der Waals surface area contributed by atoms with Crippen molar-refractivity contribution in [3.8, 4) is 22.8 Å². The second kappa shape index (κ2) is 8.84. The van der Waals surface area contributed by atoms with Crippen molar-refractivity contribution >= 4 is 29.4 Å². The fourth-order valence-corrected chi connectivity index (χ4v) is 2.87. The highest BCUT2D eigenvalue weighted by atomic mass is 35.5. The topological polar surface area (TPSA) is 56.0 Å². The van der Waals surface area contributed by atoms with Crippen LogP contribution in [-0.2, 0) is 6.54 Å². The molecule has 1 N–H and O–H groups in total. The number of benzene rings is 2. The van der Waals surface area contributed by atoms with Gasteiger partial charge in [0.25, 0.3) is 0 Å². The summed E-state index contributed by atoms with van der Waals surface area (Å²) in [5.74, 6) is 2.59. The highest BCUT2D eigenvalue weighted by molar-refractivity contribution is 6.35. The number of halogens is 2. The smallest absolute Gasteiger partial charge is 0.161 e. The van der Waals surface area contributed by atoms with Gasteiger partial charge in [0.15, 0.2) is 11.5 Å². The molecule has 3 aromatic rings. The maximum Gasteiger partial charge on any atom is 0.161 e. The van der Waals surface area contributed by atoms with E-state index in [9.17, 15) is 0 Å². The summed E-state index contributed by atoms with van der Waals surface area (Å²) >= 11 is 12.2. The number of ether oxygens (including phenoxy) is 2. The first-order valence-corrected chi connectivity index (χ1v) is 8.88. The van der Waals surface area contributed by atoms with Crippen molar-refractivity contribution in [1.29, 1.82) is 0 Å².